The van der Waals surface area contributed by atoms with Crippen molar-refractivity contribution in [3.8, 4) is 0 Å². The quantitative estimate of drug-likeness (QED) is 0.563. The summed E-state index contributed by atoms with van der Waals surface area (Å²) >= 11 is 5.77. The second kappa shape index (κ2) is 8.53. The van der Waals surface area contributed by atoms with Crippen LogP contribution in [0.15, 0.2) is 24.4 Å². The Bertz CT molecular complexity index is 1180. The number of rotatable bonds is 6. The highest BCUT2D eigenvalue weighted by molar-refractivity contribution is 6.31. The number of amides is 3. The lowest BCUT2D eigenvalue weighted by Gasteiger charge is -2.44. The maximum absolute atomic E-state index is 13.4. The van der Waals surface area contributed by atoms with Crippen molar-refractivity contribution in [1.82, 2.24) is 9.88 Å². The number of nitrogens with zero attached hydrogens (tertiary/aromatic N) is 1. The molecule has 0 radical (unpaired) electrons. The summed E-state index contributed by atoms with van der Waals surface area (Å²) in [7, 11) is 1.67. The number of benzene rings is 1. The van der Waals surface area contributed by atoms with E-state index in [1.165, 1.54) is 12.1 Å². The van der Waals surface area contributed by atoms with E-state index in [9.17, 15) is 27.6 Å². The number of fused-ring (bicyclic) bond motifs is 1. The van der Waals surface area contributed by atoms with Crippen molar-refractivity contribution >= 4 is 35.2 Å². The van der Waals surface area contributed by atoms with E-state index in [1.807, 2.05) is 0 Å². The van der Waals surface area contributed by atoms with Gasteiger partial charge in [-0.1, -0.05) is 11.6 Å². The first-order valence-corrected chi connectivity index (χ1v) is 10.8. The third-order valence-electron chi connectivity index (χ3n) is 6.26. The third kappa shape index (κ3) is 4.44. The summed E-state index contributed by atoms with van der Waals surface area (Å²) in [6, 6.07) is 3.36. The number of alkyl carbamates (subject to hydrolysis) is 1. The number of halogens is 4. The van der Waals surface area contributed by atoms with Crippen LogP contribution in [0.4, 0.5) is 23.7 Å². The number of carbonyl (C=O) groups is 3. The molecule has 1 atom stereocenters. The van der Waals surface area contributed by atoms with Crippen LogP contribution in [0.25, 0.3) is 0 Å². The normalized spacial score (nSPS) is 19.6. The average Bonchev–Trinajstić information content (AvgIpc) is 3.25. The van der Waals surface area contributed by atoms with Crippen LogP contribution in [-0.4, -0.2) is 35.0 Å². The smallest absolute Gasteiger partial charge is 0.407 e. The summed E-state index contributed by atoms with van der Waals surface area (Å²) in [6.07, 6.45) is 0.300. The summed E-state index contributed by atoms with van der Waals surface area (Å²) in [5.74, 6) is -4.97. The summed E-state index contributed by atoms with van der Waals surface area (Å²) in [5, 5.41) is 5.21. The maximum atomic E-state index is 13.4. The van der Waals surface area contributed by atoms with Gasteiger partial charge in [0, 0.05) is 31.8 Å². The number of aromatic nitrogens is 1. The fourth-order valence-electron chi connectivity index (χ4n) is 4.59. The minimum Gasteiger partial charge on any atom is -0.448 e. The molecule has 1 aromatic heterocycles. The number of nitrogens with one attached hydrogen (secondary N) is 2. The highest BCUT2D eigenvalue weighted by Crippen LogP contribution is 2.52. The summed E-state index contributed by atoms with van der Waals surface area (Å²) in [5.41, 5.74) is 5.80. The highest BCUT2D eigenvalue weighted by Gasteiger charge is 2.61. The zero-order chi connectivity index (χ0) is 24.8. The van der Waals surface area contributed by atoms with Gasteiger partial charge >= 0.3 is 6.09 Å². The summed E-state index contributed by atoms with van der Waals surface area (Å²) in [6.45, 7) is -0.536. The van der Waals surface area contributed by atoms with Crippen molar-refractivity contribution < 1.29 is 32.3 Å². The van der Waals surface area contributed by atoms with E-state index >= 15 is 0 Å². The van der Waals surface area contributed by atoms with E-state index in [0.29, 0.717) is 29.8 Å². The molecule has 0 spiro atoms. The van der Waals surface area contributed by atoms with Crippen LogP contribution >= 0.6 is 11.6 Å². The molecule has 0 bridgehead atoms. The van der Waals surface area contributed by atoms with E-state index in [-0.39, 0.29) is 5.02 Å². The molecule has 1 saturated carbocycles. The van der Waals surface area contributed by atoms with Crippen LogP contribution in [0.1, 0.15) is 46.9 Å². The molecular formula is C22H22ClF3N4O4. The number of ether oxygens (including phenoxy) is 1. The Morgan fingerprint density at radius 2 is 2.00 bits per heavy atom. The van der Waals surface area contributed by atoms with Gasteiger partial charge < -0.3 is 25.7 Å². The average molecular weight is 499 g/mol. The summed E-state index contributed by atoms with van der Waals surface area (Å²) in [4.78, 5) is 36.8. The standard InChI is InChI=1S/C22H22ClF3N4O4/c1-30-7-13-12(17(30)18(31)28-11-2-4-15(24)14(23)6-11)3-5-16(13)29-20(33)34-10-21(19(27)32)8-22(25,26)9-21/h2,4,6-7,16H,3,5,8-10H2,1H3,(H2,27,32)(H,28,31)(H,29,33)/t16-/m1/s1. The predicted octanol–water partition coefficient (Wildman–Crippen LogP) is 3.68. The number of hydrogen-bond donors (Lipinski definition) is 3. The molecule has 0 saturated heterocycles. The number of nitrogens with two attached hydrogens (primary N) is 1. The van der Waals surface area contributed by atoms with Gasteiger partial charge in [0.1, 0.15) is 18.1 Å². The topological polar surface area (TPSA) is 115 Å². The van der Waals surface area contributed by atoms with Crippen LogP contribution in [0.3, 0.4) is 0 Å². The van der Waals surface area contributed by atoms with E-state index in [2.05, 4.69) is 10.6 Å². The van der Waals surface area contributed by atoms with Crippen LogP contribution < -0.4 is 16.4 Å². The molecule has 2 aliphatic rings. The first-order chi connectivity index (χ1) is 15.9. The van der Waals surface area contributed by atoms with Crippen LogP contribution in [0, 0.1) is 11.2 Å². The molecule has 3 amide bonds. The molecule has 182 valence electrons. The SMILES string of the molecule is Cn1cc2c(c1C(=O)Nc1ccc(F)c(Cl)c1)CC[C@H]2NC(=O)OCC1(C(N)=O)CC(F)(F)C1. The van der Waals surface area contributed by atoms with Crippen molar-refractivity contribution in [2.75, 3.05) is 11.9 Å². The van der Waals surface area contributed by atoms with E-state index in [1.54, 1.807) is 17.8 Å². The number of aryl methyl sites for hydroxylation is 1. The molecule has 4 rings (SSSR count). The Labute approximate surface area is 197 Å². The van der Waals surface area contributed by atoms with Gasteiger partial charge in [0.15, 0.2) is 0 Å². The first-order valence-electron chi connectivity index (χ1n) is 10.5. The lowest BCUT2D eigenvalue weighted by Crippen LogP contribution is -2.56. The third-order valence-corrected chi connectivity index (χ3v) is 6.55. The van der Waals surface area contributed by atoms with Gasteiger partial charge in [-0.05, 0) is 42.2 Å². The van der Waals surface area contributed by atoms with E-state index < -0.39 is 60.6 Å². The van der Waals surface area contributed by atoms with Gasteiger partial charge in [-0.15, -0.1) is 0 Å². The monoisotopic (exact) mass is 498 g/mol. The Morgan fingerprint density at radius 3 is 2.62 bits per heavy atom. The van der Waals surface area contributed by atoms with Crippen molar-refractivity contribution in [3.05, 3.63) is 52.1 Å². The first kappa shape index (κ1) is 23.9. The van der Waals surface area contributed by atoms with E-state index in [4.69, 9.17) is 22.1 Å². The Morgan fingerprint density at radius 1 is 1.29 bits per heavy atom. The van der Waals surface area contributed by atoms with Crippen LogP contribution in [0.2, 0.25) is 5.02 Å². The second-order valence-corrected chi connectivity index (χ2v) is 9.18. The molecule has 1 fully saturated rings. The predicted molar refractivity (Wildman–Crippen MR) is 116 cm³/mol. The van der Waals surface area contributed by atoms with Gasteiger partial charge in [-0.3, -0.25) is 9.59 Å². The Kier molecular flexibility index (Phi) is 6.01. The molecule has 0 aliphatic heterocycles. The molecule has 1 heterocycles. The van der Waals surface area contributed by atoms with Gasteiger partial charge in [0.05, 0.1) is 16.5 Å². The number of primary amides is 1. The van der Waals surface area contributed by atoms with Crippen molar-refractivity contribution in [2.45, 2.75) is 37.6 Å². The van der Waals surface area contributed by atoms with Crippen LogP contribution in [0.5, 0.6) is 0 Å². The number of hydrogen-bond acceptors (Lipinski definition) is 4. The van der Waals surface area contributed by atoms with Gasteiger partial charge in [0.25, 0.3) is 11.8 Å². The molecule has 4 N–H and O–H groups in total. The number of anilines is 1. The lowest BCUT2D eigenvalue weighted by molar-refractivity contribution is -0.185. The minimum atomic E-state index is -3.00. The van der Waals surface area contributed by atoms with Crippen molar-refractivity contribution in [3.63, 3.8) is 0 Å². The second-order valence-electron chi connectivity index (χ2n) is 8.77. The largest absolute Gasteiger partial charge is 0.448 e. The van der Waals surface area contributed by atoms with Gasteiger partial charge in [-0.2, -0.15) is 0 Å². The highest BCUT2D eigenvalue weighted by atomic mass is 35.5. The summed E-state index contributed by atoms with van der Waals surface area (Å²) < 4.78 is 46.6. The van der Waals surface area contributed by atoms with E-state index in [0.717, 1.165) is 11.6 Å². The van der Waals surface area contributed by atoms with Crippen LogP contribution in [-0.2, 0) is 23.0 Å². The number of alkyl halides is 2. The fraction of sp³-hybridized carbons (Fsp3) is 0.409. The van der Waals surface area contributed by atoms with Gasteiger partial charge in [-0.25, -0.2) is 18.0 Å². The van der Waals surface area contributed by atoms with Gasteiger partial charge in [0.2, 0.25) is 5.91 Å². The molecule has 34 heavy (non-hydrogen) atoms. The molecule has 0 unspecified atom stereocenters. The maximum Gasteiger partial charge on any atom is 0.407 e. The molecule has 12 heteroatoms. The Hall–Kier alpha value is -3.21. The zero-order valence-electron chi connectivity index (χ0n) is 18.1. The minimum absolute atomic E-state index is 0.124. The molecular weight excluding hydrogens is 477 g/mol. The van der Waals surface area contributed by atoms with Crippen molar-refractivity contribution in [2.24, 2.45) is 18.2 Å². The molecule has 2 aromatic rings. The van der Waals surface area contributed by atoms with Crippen molar-refractivity contribution in [1.29, 1.82) is 0 Å². The fourth-order valence-corrected chi connectivity index (χ4v) is 4.77. The molecule has 2 aliphatic carbocycles. The Balaban J connectivity index is 1.41. The molecule has 8 nitrogen and oxygen atoms in total. The number of carbonyl (C=O) groups excluding carboxylic acids is 3. The zero-order valence-corrected chi connectivity index (χ0v) is 18.8. The molecule has 1 aromatic carbocycles. The lowest BCUT2D eigenvalue weighted by atomic mass is 9.66.